The van der Waals surface area contributed by atoms with Gasteiger partial charge in [-0.05, 0) is 11.1 Å². The number of ether oxygens (including phenoxy) is 1. The molecule has 2 aromatic carbocycles. The van der Waals surface area contributed by atoms with E-state index in [1.165, 1.54) is 5.56 Å². The van der Waals surface area contributed by atoms with Gasteiger partial charge in [-0.2, -0.15) is 0 Å². The summed E-state index contributed by atoms with van der Waals surface area (Å²) in [5.74, 6) is 0.783. The first-order chi connectivity index (χ1) is 10.4. The van der Waals surface area contributed by atoms with E-state index in [1.807, 2.05) is 60.9 Å². The van der Waals surface area contributed by atoms with Crippen molar-refractivity contribution in [2.75, 3.05) is 0 Å². The first-order valence-corrected chi connectivity index (χ1v) is 6.84. The first kappa shape index (κ1) is 13.2. The van der Waals surface area contributed by atoms with Gasteiger partial charge in [-0.25, -0.2) is 4.99 Å². The largest absolute Gasteiger partial charge is 0.467 e. The third kappa shape index (κ3) is 3.60. The van der Waals surface area contributed by atoms with E-state index in [1.54, 1.807) is 12.5 Å². The lowest BCUT2D eigenvalue weighted by Crippen LogP contribution is -2.17. The molecule has 0 aliphatic carbocycles. The Kier molecular flexibility index (Phi) is 4.12. The number of nitrogens with zero attached hydrogens (tertiary/aromatic N) is 2. The van der Waals surface area contributed by atoms with Crippen LogP contribution in [0, 0.1) is 0 Å². The summed E-state index contributed by atoms with van der Waals surface area (Å²) in [6.07, 6.45) is 7.05. The van der Waals surface area contributed by atoms with Crippen LogP contribution in [0.15, 0.2) is 90.2 Å². The summed E-state index contributed by atoms with van der Waals surface area (Å²) in [6.45, 7) is 0.763. The molecule has 1 aliphatic heterocycles. The summed E-state index contributed by atoms with van der Waals surface area (Å²) in [7, 11) is 0. The normalized spacial score (nSPS) is 14.1. The van der Waals surface area contributed by atoms with Crippen LogP contribution in [0.25, 0.3) is 0 Å². The topological polar surface area (TPSA) is 24.8 Å². The molecule has 0 saturated carbocycles. The number of aliphatic imine (C=N–C) groups is 1. The maximum absolute atomic E-state index is 5.24. The molecule has 21 heavy (non-hydrogen) atoms. The molecule has 0 aromatic heterocycles. The predicted octanol–water partition coefficient (Wildman–Crippen LogP) is 3.91. The molecular formula is C18H16N2O. The molecule has 3 rings (SSSR count). The van der Waals surface area contributed by atoms with E-state index < -0.39 is 0 Å². The highest BCUT2D eigenvalue weighted by Crippen LogP contribution is 2.16. The SMILES string of the molecule is C1=CN(Cc2ccccc2)C(N=Cc2ccccc2)=CO1. The standard InChI is InChI=1S/C18H16N2O/c1-3-7-16(8-4-1)13-19-18-15-21-12-11-20(18)14-17-9-5-2-6-10-17/h1-13,15H,14H2. The van der Waals surface area contributed by atoms with Crippen molar-refractivity contribution >= 4 is 6.21 Å². The minimum absolute atomic E-state index is 0.763. The van der Waals surface area contributed by atoms with Crippen LogP contribution in [0.1, 0.15) is 11.1 Å². The molecular weight excluding hydrogens is 260 g/mol. The van der Waals surface area contributed by atoms with Crippen molar-refractivity contribution in [2.45, 2.75) is 6.54 Å². The van der Waals surface area contributed by atoms with Gasteiger partial charge in [-0.1, -0.05) is 60.7 Å². The van der Waals surface area contributed by atoms with Crippen LogP contribution in [0.5, 0.6) is 0 Å². The van der Waals surface area contributed by atoms with Crippen molar-refractivity contribution < 1.29 is 4.74 Å². The van der Waals surface area contributed by atoms with Crippen molar-refractivity contribution in [3.63, 3.8) is 0 Å². The van der Waals surface area contributed by atoms with Gasteiger partial charge in [0.25, 0.3) is 0 Å². The molecule has 0 spiro atoms. The summed E-state index contributed by atoms with van der Waals surface area (Å²) < 4.78 is 5.24. The summed E-state index contributed by atoms with van der Waals surface area (Å²) in [6, 6.07) is 20.3. The number of hydrogen-bond acceptors (Lipinski definition) is 3. The fraction of sp³-hybridized carbons (Fsp3) is 0.0556. The van der Waals surface area contributed by atoms with Gasteiger partial charge in [-0.3, -0.25) is 0 Å². The molecule has 1 aliphatic rings. The summed E-state index contributed by atoms with van der Waals surface area (Å²) >= 11 is 0. The molecule has 3 nitrogen and oxygen atoms in total. The molecule has 0 amide bonds. The van der Waals surface area contributed by atoms with Crippen molar-refractivity contribution in [1.29, 1.82) is 0 Å². The quantitative estimate of drug-likeness (QED) is 0.791. The Morgan fingerprint density at radius 3 is 2.43 bits per heavy atom. The maximum atomic E-state index is 5.24. The van der Waals surface area contributed by atoms with Crippen molar-refractivity contribution in [3.8, 4) is 0 Å². The zero-order valence-electron chi connectivity index (χ0n) is 11.6. The molecule has 2 aromatic rings. The van der Waals surface area contributed by atoms with Crippen LogP contribution >= 0.6 is 0 Å². The van der Waals surface area contributed by atoms with Gasteiger partial charge in [0.15, 0.2) is 5.82 Å². The first-order valence-electron chi connectivity index (χ1n) is 6.84. The van der Waals surface area contributed by atoms with Crippen LogP contribution < -0.4 is 0 Å². The van der Waals surface area contributed by atoms with E-state index >= 15 is 0 Å². The lowest BCUT2D eigenvalue weighted by atomic mass is 10.2. The van der Waals surface area contributed by atoms with E-state index in [0.717, 1.165) is 17.9 Å². The van der Waals surface area contributed by atoms with E-state index in [0.29, 0.717) is 0 Å². The number of hydrogen-bond donors (Lipinski definition) is 0. The molecule has 0 unspecified atom stereocenters. The monoisotopic (exact) mass is 276 g/mol. The van der Waals surface area contributed by atoms with Crippen molar-refractivity contribution in [2.24, 2.45) is 4.99 Å². The average molecular weight is 276 g/mol. The molecule has 0 atom stereocenters. The molecule has 0 fully saturated rings. The van der Waals surface area contributed by atoms with E-state index in [2.05, 4.69) is 22.0 Å². The zero-order valence-corrected chi connectivity index (χ0v) is 11.6. The second-order valence-corrected chi connectivity index (χ2v) is 4.68. The third-order valence-corrected chi connectivity index (χ3v) is 3.13. The second-order valence-electron chi connectivity index (χ2n) is 4.68. The summed E-state index contributed by atoms with van der Waals surface area (Å²) in [5, 5.41) is 0. The Labute approximate surface area is 124 Å². The molecule has 104 valence electrons. The lowest BCUT2D eigenvalue weighted by Gasteiger charge is -2.22. The fourth-order valence-corrected chi connectivity index (χ4v) is 2.05. The van der Waals surface area contributed by atoms with E-state index in [-0.39, 0.29) is 0 Å². The van der Waals surface area contributed by atoms with Gasteiger partial charge in [0.05, 0.1) is 0 Å². The van der Waals surface area contributed by atoms with Crippen LogP contribution in [0.2, 0.25) is 0 Å². The Bertz CT molecular complexity index is 660. The van der Waals surface area contributed by atoms with Gasteiger partial charge >= 0.3 is 0 Å². The molecule has 0 N–H and O–H groups in total. The number of benzene rings is 2. The van der Waals surface area contributed by atoms with Gasteiger partial charge in [0, 0.05) is 19.0 Å². The fourth-order valence-electron chi connectivity index (χ4n) is 2.05. The molecule has 1 heterocycles. The molecule has 0 bridgehead atoms. The summed E-state index contributed by atoms with van der Waals surface area (Å²) in [4.78, 5) is 6.57. The smallest absolute Gasteiger partial charge is 0.168 e. The number of rotatable bonds is 4. The van der Waals surface area contributed by atoms with Crippen LogP contribution in [0.3, 0.4) is 0 Å². The van der Waals surface area contributed by atoms with Gasteiger partial charge in [0.1, 0.15) is 12.5 Å². The minimum Gasteiger partial charge on any atom is -0.467 e. The van der Waals surface area contributed by atoms with Crippen LogP contribution in [-0.2, 0) is 11.3 Å². The van der Waals surface area contributed by atoms with Crippen molar-refractivity contribution in [3.05, 3.63) is 96.3 Å². The molecule has 0 saturated heterocycles. The highest BCUT2D eigenvalue weighted by Gasteiger charge is 2.10. The zero-order chi connectivity index (χ0) is 14.3. The second kappa shape index (κ2) is 6.57. The molecule has 0 radical (unpaired) electrons. The average Bonchev–Trinajstić information content (AvgIpc) is 2.56. The van der Waals surface area contributed by atoms with Gasteiger partial charge in [0.2, 0.25) is 0 Å². The van der Waals surface area contributed by atoms with Gasteiger partial charge < -0.3 is 9.64 Å². The maximum Gasteiger partial charge on any atom is 0.168 e. The Balaban J connectivity index is 1.74. The van der Waals surface area contributed by atoms with Crippen LogP contribution in [-0.4, -0.2) is 11.1 Å². The Morgan fingerprint density at radius 1 is 0.952 bits per heavy atom. The van der Waals surface area contributed by atoms with E-state index in [9.17, 15) is 0 Å². The Morgan fingerprint density at radius 2 is 1.67 bits per heavy atom. The summed E-state index contributed by atoms with van der Waals surface area (Å²) in [5.41, 5.74) is 2.29. The minimum atomic E-state index is 0.763. The predicted molar refractivity (Wildman–Crippen MR) is 84.3 cm³/mol. The lowest BCUT2D eigenvalue weighted by molar-refractivity contribution is 0.319. The highest BCUT2D eigenvalue weighted by atomic mass is 16.5. The third-order valence-electron chi connectivity index (χ3n) is 3.13. The van der Waals surface area contributed by atoms with Gasteiger partial charge in [-0.15, -0.1) is 0 Å². The Hall–Kier alpha value is -2.81. The van der Waals surface area contributed by atoms with Crippen molar-refractivity contribution in [1.82, 2.24) is 4.90 Å². The van der Waals surface area contributed by atoms with E-state index in [4.69, 9.17) is 4.74 Å². The molecule has 3 heteroatoms. The highest BCUT2D eigenvalue weighted by molar-refractivity contribution is 5.80. The van der Waals surface area contributed by atoms with Crippen LogP contribution in [0.4, 0.5) is 0 Å².